The summed E-state index contributed by atoms with van der Waals surface area (Å²) in [5.41, 5.74) is 6.44. The van der Waals surface area contributed by atoms with E-state index >= 15 is 0 Å². The first-order valence-electron chi connectivity index (χ1n) is 6.56. The average molecular weight is 287 g/mol. The Kier molecular flexibility index (Phi) is 4.62. The summed E-state index contributed by atoms with van der Waals surface area (Å²) in [6, 6.07) is 1.61. The van der Waals surface area contributed by atoms with Crippen LogP contribution < -0.4 is 10.5 Å². The third-order valence-corrected chi connectivity index (χ3v) is 4.85. The van der Waals surface area contributed by atoms with Crippen LogP contribution in [0.25, 0.3) is 0 Å². The lowest BCUT2D eigenvalue weighted by Crippen LogP contribution is -2.38. The molecule has 1 aromatic heterocycles. The number of nitrogens with one attached hydrogen (secondary N) is 1. The van der Waals surface area contributed by atoms with Gasteiger partial charge >= 0.3 is 0 Å². The molecule has 7 heteroatoms. The Balaban J connectivity index is 2.16. The average Bonchev–Trinajstić information content (AvgIpc) is 2.83. The largest absolute Gasteiger partial charge is 0.381 e. The highest BCUT2D eigenvalue weighted by molar-refractivity contribution is 7.89. The monoisotopic (exact) mass is 287 g/mol. The molecule has 6 nitrogen and oxygen atoms in total. The fraction of sp³-hybridized carbons (Fsp3) is 0.667. The molecule has 0 aliphatic carbocycles. The molecule has 3 N–H and O–H groups in total. The number of sulfonamides is 1. The van der Waals surface area contributed by atoms with Gasteiger partial charge in [-0.05, 0) is 25.8 Å². The van der Waals surface area contributed by atoms with Crippen molar-refractivity contribution in [2.75, 3.05) is 13.2 Å². The van der Waals surface area contributed by atoms with Gasteiger partial charge in [0.1, 0.15) is 0 Å². The topological polar surface area (TPSA) is 86.3 Å². The first-order valence-corrected chi connectivity index (χ1v) is 8.04. The van der Waals surface area contributed by atoms with Gasteiger partial charge in [0.25, 0.3) is 0 Å². The van der Waals surface area contributed by atoms with E-state index < -0.39 is 10.0 Å². The predicted octanol–water partition coefficient (Wildman–Crippen LogP) is 0.424. The van der Waals surface area contributed by atoms with Gasteiger partial charge in [0.15, 0.2) is 0 Å². The summed E-state index contributed by atoms with van der Waals surface area (Å²) in [6.07, 6.45) is 3.08. The third-order valence-electron chi connectivity index (χ3n) is 3.36. The van der Waals surface area contributed by atoms with Gasteiger partial charge in [0.05, 0.1) is 4.90 Å². The molecule has 2 heterocycles. The molecule has 1 fully saturated rings. The van der Waals surface area contributed by atoms with Crippen molar-refractivity contribution in [2.45, 2.75) is 43.8 Å². The van der Waals surface area contributed by atoms with Crippen LogP contribution in [0.2, 0.25) is 0 Å². The van der Waals surface area contributed by atoms with E-state index in [1.54, 1.807) is 12.3 Å². The number of nitrogens with two attached hydrogens (primary N) is 1. The maximum Gasteiger partial charge on any atom is 0.242 e. The molecule has 0 bridgehead atoms. The lowest BCUT2D eigenvalue weighted by atomic mass is 10.1. The van der Waals surface area contributed by atoms with E-state index in [-0.39, 0.29) is 6.04 Å². The number of ether oxygens (including phenoxy) is 1. The van der Waals surface area contributed by atoms with Gasteiger partial charge in [-0.1, -0.05) is 0 Å². The molecular weight excluding hydrogens is 266 g/mol. The first kappa shape index (κ1) is 14.5. The van der Waals surface area contributed by atoms with Crippen molar-refractivity contribution in [1.29, 1.82) is 0 Å². The molecule has 0 atom stereocenters. The molecule has 108 valence electrons. The summed E-state index contributed by atoms with van der Waals surface area (Å²) in [7, 11) is -3.46. The number of nitrogens with zero attached hydrogens (tertiary/aromatic N) is 1. The molecule has 0 spiro atoms. The number of rotatable bonds is 5. The van der Waals surface area contributed by atoms with E-state index in [1.165, 1.54) is 0 Å². The molecule has 1 aliphatic rings. The molecule has 0 aromatic carbocycles. The Morgan fingerprint density at radius 2 is 2.16 bits per heavy atom. The molecular formula is C12H21N3O3S. The van der Waals surface area contributed by atoms with Crippen molar-refractivity contribution < 1.29 is 13.2 Å². The fourth-order valence-corrected chi connectivity index (χ4v) is 3.61. The second kappa shape index (κ2) is 6.04. The van der Waals surface area contributed by atoms with Crippen LogP contribution in [0.4, 0.5) is 0 Å². The van der Waals surface area contributed by atoms with Crippen LogP contribution >= 0.6 is 0 Å². The normalized spacial score (nSPS) is 17.8. The van der Waals surface area contributed by atoms with E-state index in [0.29, 0.717) is 31.2 Å². The Hall–Kier alpha value is -0.890. The Labute approximate surface area is 114 Å². The van der Waals surface area contributed by atoms with E-state index in [9.17, 15) is 8.42 Å². The van der Waals surface area contributed by atoms with Crippen molar-refractivity contribution in [2.24, 2.45) is 5.73 Å². The number of aryl methyl sites for hydroxylation is 1. The Morgan fingerprint density at radius 1 is 1.47 bits per heavy atom. The fourth-order valence-electron chi connectivity index (χ4n) is 2.24. The third kappa shape index (κ3) is 3.36. The lowest BCUT2D eigenvalue weighted by molar-refractivity contribution is 0.0832. The molecule has 19 heavy (non-hydrogen) atoms. The van der Waals surface area contributed by atoms with E-state index in [1.807, 2.05) is 11.5 Å². The van der Waals surface area contributed by atoms with Crippen molar-refractivity contribution in [1.82, 2.24) is 9.29 Å². The summed E-state index contributed by atoms with van der Waals surface area (Å²) in [5, 5.41) is 0. The summed E-state index contributed by atoms with van der Waals surface area (Å²) >= 11 is 0. The van der Waals surface area contributed by atoms with Crippen LogP contribution in [0.15, 0.2) is 17.2 Å². The zero-order valence-electron chi connectivity index (χ0n) is 11.1. The van der Waals surface area contributed by atoms with E-state index in [2.05, 4.69) is 4.72 Å². The highest BCUT2D eigenvalue weighted by atomic mass is 32.2. The zero-order valence-corrected chi connectivity index (χ0v) is 11.9. The maximum atomic E-state index is 12.3. The molecule has 0 radical (unpaired) electrons. The summed E-state index contributed by atoms with van der Waals surface area (Å²) in [4.78, 5) is 0.293. The first-order chi connectivity index (χ1) is 9.06. The molecule has 0 amide bonds. The second-order valence-electron chi connectivity index (χ2n) is 4.67. The smallest absolute Gasteiger partial charge is 0.242 e. The van der Waals surface area contributed by atoms with Crippen molar-refractivity contribution in [3.63, 3.8) is 0 Å². The van der Waals surface area contributed by atoms with E-state index in [0.717, 1.165) is 18.5 Å². The van der Waals surface area contributed by atoms with Crippen LogP contribution in [0.3, 0.4) is 0 Å². The summed E-state index contributed by atoms with van der Waals surface area (Å²) in [6.45, 7) is 4.22. The summed E-state index contributed by atoms with van der Waals surface area (Å²) in [5.74, 6) is 0. The highest BCUT2D eigenvalue weighted by Gasteiger charge is 2.23. The van der Waals surface area contributed by atoms with Crippen LogP contribution in [0, 0.1) is 0 Å². The maximum absolute atomic E-state index is 12.3. The summed E-state index contributed by atoms with van der Waals surface area (Å²) < 4.78 is 34.4. The van der Waals surface area contributed by atoms with Crippen molar-refractivity contribution in [3.05, 3.63) is 18.0 Å². The number of aromatic nitrogens is 1. The van der Waals surface area contributed by atoms with Gasteiger partial charge in [-0.15, -0.1) is 0 Å². The molecule has 0 unspecified atom stereocenters. The predicted molar refractivity (Wildman–Crippen MR) is 72.2 cm³/mol. The lowest BCUT2D eigenvalue weighted by Gasteiger charge is -2.22. The quantitative estimate of drug-likeness (QED) is 0.822. The minimum absolute atomic E-state index is 0.0370. The second-order valence-corrected chi connectivity index (χ2v) is 6.38. The minimum Gasteiger partial charge on any atom is -0.381 e. The van der Waals surface area contributed by atoms with E-state index in [4.69, 9.17) is 10.5 Å². The number of hydrogen-bond donors (Lipinski definition) is 2. The zero-order chi connectivity index (χ0) is 13.9. The molecule has 2 rings (SSSR count). The van der Waals surface area contributed by atoms with Gasteiger partial charge < -0.3 is 15.0 Å². The standard InChI is InChI=1S/C12H21N3O3S/c1-2-15-9-12(7-11(15)8-13)19(16,17)14-10-3-5-18-6-4-10/h7,9-10,14H,2-6,8,13H2,1H3. The van der Waals surface area contributed by atoms with Gasteiger partial charge in [0.2, 0.25) is 10.0 Å². The van der Waals surface area contributed by atoms with Crippen LogP contribution in [0.1, 0.15) is 25.5 Å². The van der Waals surface area contributed by atoms with Gasteiger partial charge in [-0.25, -0.2) is 13.1 Å². The van der Waals surface area contributed by atoms with Crippen LogP contribution in [0.5, 0.6) is 0 Å². The van der Waals surface area contributed by atoms with Crippen molar-refractivity contribution in [3.8, 4) is 0 Å². The number of hydrogen-bond acceptors (Lipinski definition) is 4. The Bertz CT molecular complexity index is 497. The van der Waals surface area contributed by atoms with Gasteiger partial charge in [-0.3, -0.25) is 0 Å². The van der Waals surface area contributed by atoms with Gasteiger partial charge in [-0.2, -0.15) is 0 Å². The molecule has 1 aliphatic heterocycles. The van der Waals surface area contributed by atoms with Gasteiger partial charge in [0, 0.05) is 44.2 Å². The molecule has 0 saturated carbocycles. The highest BCUT2D eigenvalue weighted by Crippen LogP contribution is 2.16. The molecule has 1 saturated heterocycles. The van der Waals surface area contributed by atoms with Crippen LogP contribution in [-0.2, 0) is 27.8 Å². The SMILES string of the molecule is CCn1cc(S(=O)(=O)NC2CCOCC2)cc1CN. The van der Waals surface area contributed by atoms with Crippen LogP contribution in [-0.4, -0.2) is 32.2 Å². The van der Waals surface area contributed by atoms with Crippen molar-refractivity contribution >= 4 is 10.0 Å². The molecule has 1 aromatic rings. The minimum atomic E-state index is -3.46. The Morgan fingerprint density at radius 3 is 2.68 bits per heavy atom.